The van der Waals surface area contributed by atoms with E-state index in [4.69, 9.17) is 9.47 Å². The summed E-state index contributed by atoms with van der Waals surface area (Å²) in [5.74, 6) is 1.37. The Morgan fingerprint density at radius 1 is 0.938 bits per heavy atom. The molecule has 1 N–H and O–H groups in total. The average molecular weight is 442 g/mol. The normalized spacial score (nSPS) is 10.7. The quantitative estimate of drug-likeness (QED) is 0.267. The third kappa shape index (κ3) is 9.71. The van der Waals surface area contributed by atoms with Gasteiger partial charge in [-0.15, -0.1) is 0 Å². The monoisotopic (exact) mass is 441 g/mol. The zero-order valence-electron chi connectivity index (χ0n) is 20.2. The Kier molecular flexibility index (Phi) is 12.3. The summed E-state index contributed by atoms with van der Waals surface area (Å²) in [5, 5.41) is 2.96. The smallest absolute Gasteiger partial charge is 0.257 e. The first-order valence-corrected chi connectivity index (χ1v) is 12.2. The molecule has 32 heavy (non-hydrogen) atoms. The molecule has 0 saturated carbocycles. The van der Waals surface area contributed by atoms with Gasteiger partial charge < -0.3 is 14.8 Å². The molecule has 0 aliphatic carbocycles. The molecule has 2 rings (SSSR count). The third-order valence-electron chi connectivity index (χ3n) is 5.64. The fourth-order valence-corrected chi connectivity index (χ4v) is 3.72. The Labute approximate surface area is 194 Å². The first kappa shape index (κ1) is 25.7. The van der Waals surface area contributed by atoms with Gasteiger partial charge in [0, 0.05) is 12.6 Å². The Bertz CT molecular complexity index is 807. The van der Waals surface area contributed by atoms with Crippen molar-refractivity contribution in [3.8, 4) is 11.5 Å². The van der Waals surface area contributed by atoms with Gasteiger partial charge in [-0.25, -0.2) is 4.57 Å². The molecule has 0 radical (unpaired) electrons. The number of pyridine rings is 1. The van der Waals surface area contributed by atoms with Gasteiger partial charge in [0.1, 0.15) is 12.6 Å². The molecular formula is C27H41N2O3+. The number of methoxy groups -OCH3 is 1. The van der Waals surface area contributed by atoms with Crippen LogP contribution in [0.3, 0.4) is 0 Å². The molecule has 0 aliphatic heterocycles. The minimum atomic E-state index is -0.0959. The lowest BCUT2D eigenvalue weighted by Crippen LogP contribution is -2.31. The second kappa shape index (κ2) is 15.3. The van der Waals surface area contributed by atoms with E-state index in [1.165, 1.54) is 57.8 Å². The lowest BCUT2D eigenvalue weighted by Gasteiger charge is -2.13. The van der Waals surface area contributed by atoms with E-state index in [0.717, 1.165) is 17.7 Å². The van der Waals surface area contributed by atoms with Crippen LogP contribution in [0.5, 0.6) is 11.5 Å². The third-order valence-corrected chi connectivity index (χ3v) is 5.64. The fourth-order valence-electron chi connectivity index (χ4n) is 3.72. The van der Waals surface area contributed by atoms with E-state index < -0.39 is 0 Å². The number of aromatic nitrogens is 1. The molecule has 0 saturated heterocycles. The van der Waals surface area contributed by atoms with Crippen LogP contribution >= 0.6 is 0 Å². The first-order chi connectivity index (χ1) is 15.6. The number of amides is 1. The highest BCUT2D eigenvalue weighted by Crippen LogP contribution is 2.28. The van der Waals surface area contributed by atoms with Crippen LogP contribution in [0.1, 0.15) is 87.1 Å². The Balaban J connectivity index is 1.66. The summed E-state index contributed by atoms with van der Waals surface area (Å²) in [5.41, 5.74) is 1.61. The number of hydrogen-bond donors (Lipinski definition) is 1. The van der Waals surface area contributed by atoms with Gasteiger partial charge in [-0.3, -0.25) is 4.79 Å². The number of rotatable bonds is 16. The maximum atomic E-state index is 12.3. The van der Waals surface area contributed by atoms with Gasteiger partial charge in [0.05, 0.1) is 13.7 Å². The standard InChI is InChI=1S/C27H40N2O3/c1-4-5-6-7-8-9-10-11-12-13-19-32-25-17-16-23(20-26(25)31-3)21-28-27(30)24-15-14-18-29(2)22-24/h14-18,20,22H,4-13,19,21H2,1-3H3/p+1. The van der Waals surface area contributed by atoms with E-state index in [1.807, 2.05) is 42.1 Å². The number of nitrogens with zero attached hydrogens (tertiary/aromatic N) is 1. The van der Waals surface area contributed by atoms with Gasteiger partial charge >= 0.3 is 0 Å². The van der Waals surface area contributed by atoms with E-state index >= 15 is 0 Å². The predicted octanol–water partition coefficient (Wildman–Crippen LogP) is 5.75. The van der Waals surface area contributed by atoms with Crippen molar-refractivity contribution in [2.45, 2.75) is 77.7 Å². The van der Waals surface area contributed by atoms with Crippen molar-refractivity contribution in [1.29, 1.82) is 0 Å². The minimum absolute atomic E-state index is 0.0959. The Morgan fingerprint density at radius 3 is 2.28 bits per heavy atom. The number of nitrogens with one attached hydrogen (secondary N) is 1. The van der Waals surface area contributed by atoms with Crippen LogP contribution in [0.15, 0.2) is 42.7 Å². The number of aryl methyl sites for hydroxylation is 1. The summed E-state index contributed by atoms with van der Waals surface area (Å²) in [6.45, 7) is 3.40. The average Bonchev–Trinajstić information content (AvgIpc) is 2.81. The van der Waals surface area contributed by atoms with Crippen LogP contribution in [0.4, 0.5) is 0 Å². The highest BCUT2D eigenvalue weighted by Gasteiger charge is 2.10. The van der Waals surface area contributed by atoms with Crippen LogP contribution in [-0.2, 0) is 13.6 Å². The molecule has 1 aromatic carbocycles. The molecule has 5 heteroatoms. The molecule has 0 bridgehead atoms. The molecule has 0 aliphatic rings. The summed E-state index contributed by atoms with van der Waals surface area (Å²) >= 11 is 0. The van der Waals surface area contributed by atoms with Crippen molar-refractivity contribution in [1.82, 2.24) is 5.32 Å². The SMILES string of the molecule is CCCCCCCCCCCCOc1ccc(CNC(=O)c2ccc[n+](C)c2)cc1OC. The highest BCUT2D eigenvalue weighted by atomic mass is 16.5. The molecule has 0 fully saturated rings. The number of carbonyl (C=O) groups is 1. The van der Waals surface area contributed by atoms with Crippen molar-refractivity contribution in [3.63, 3.8) is 0 Å². The number of ether oxygens (including phenoxy) is 2. The molecular weight excluding hydrogens is 400 g/mol. The van der Waals surface area contributed by atoms with Crippen molar-refractivity contribution in [2.24, 2.45) is 7.05 Å². The van der Waals surface area contributed by atoms with E-state index in [1.54, 1.807) is 19.4 Å². The maximum Gasteiger partial charge on any atom is 0.257 e. The van der Waals surface area contributed by atoms with E-state index in [-0.39, 0.29) is 5.91 Å². The second-order valence-corrected chi connectivity index (χ2v) is 8.46. The number of carbonyl (C=O) groups excluding carboxylic acids is 1. The summed E-state index contributed by atoms with van der Waals surface area (Å²) in [4.78, 5) is 12.3. The summed E-state index contributed by atoms with van der Waals surface area (Å²) in [6.07, 6.45) is 16.8. The molecule has 0 unspecified atom stereocenters. The van der Waals surface area contributed by atoms with E-state index in [9.17, 15) is 4.79 Å². The molecule has 1 heterocycles. The lowest BCUT2D eigenvalue weighted by atomic mass is 10.1. The largest absolute Gasteiger partial charge is 0.493 e. The lowest BCUT2D eigenvalue weighted by molar-refractivity contribution is -0.671. The van der Waals surface area contributed by atoms with E-state index in [2.05, 4.69) is 12.2 Å². The predicted molar refractivity (Wildman–Crippen MR) is 129 cm³/mol. The molecule has 0 atom stereocenters. The highest BCUT2D eigenvalue weighted by molar-refractivity contribution is 5.93. The molecule has 1 aromatic heterocycles. The van der Waals surface area contributed by atoms with Gasteiger partial charge in [-0.2, -0.15) is 0 Å². The molecule has 0 spiro atoms. The summed E-state index contributed by atoms with van der Waals surface area (Å²) in [7, 11) is 3.55. The van der Waals surface area contributed by atoms with Crippen LogP contribution in [0.25, 0.3) is 0 Å². The van der Waals surface area contributed by atoms with Gasteiger partial charge in [0.25, 0.3) is 5.91 Å². The zero-order valence-corrected chi connectivity index (χ0v) is 20.2. The summed E-state index contributed by atoms with van der Waals surface area (Å²) in [6, 6.07) is 9.50. The van der Waals surface area contributed by atoms with Gasteiger partial charge in [-0.05, 0) is 30.2 Å². The number of benzene rings is 1. The fraction of sp³-hybridized carbons (Fsp3) is 0.556. The minimum Gasteiger partial charge on any atom is -0.493 e. The zero-order chi connectivity index (χ0) is 23.0. The van der Waals surface area contributed by atoms with Crippen LogP contribution in [-0.4, -0.2) is 19.6 Å². The molecule has 1 amide bonds. The Morgan fingerprint density at radius 2 is 1.62 bits per heavy atom. The summed E-state index contributed by atoms with van der Waals surface area (Å²) < 4.78 is 13.3. The van der Waals surface area contributed by atoms with E-state index in [0.29, 0.717) is 24.5 Å². The van der Waals surface area contributed by atoms with Crippen molar-refractivity contribution in [2.75, 3.05) is 13.7 Å². The van der Waals surface area contributed by atoms with Gasteiger partial charge in [-0.1, -0.05) is 70.8 Å². The molecule has 5 nitrogen and oxygen atoms in total. The second-order valence-electron chi connectivity index (χ2n) is 8.46. The maximum absolute atomic E-state index is 12.3. The van der Waals surface area contributed by atoms with Crippen LogP contribution < -0.4 is 19.4 Å². The topological polar surface area (TPSA) is 51.4 Å². The van der Waals surface area contributed by atoms with Gasteiger partial charge in [0.2, 0.25) is 0 Å². The Hall–Kier alpha value is -2.56. The van der Waals surface area contributed by atoms with Crippen molar-refractivity contribution in [3.05, 3.63) is 53.9 Å². The van der Waals surface area contributed by atoms with Gasteiger partial charge in [0.15, 0.2) is 23.9 Å². The molecule has 176 valence electrons. The molecule has 2 aromatic rings. The van der Waals surface area contributed by atoms with Crippen LogP contribution in [0.2, 0.25) is 0 Å². The number of hydrogen-bond acceptors (Lipinski definition) is 3. The van der Waals surface area contributed by atoms with Crippen molar-refractivity contribution >= 4 is 5.91 Å². The van der Waals surface area contributed by atoms with Crippen molar-refractivity contribution < 1.29 is 18.8 Å². The number of unbranched alkanes of at least 4 members (excludes halogenated alkanes) is 9. The first-order valence-electron chi connectivity index (χ1n) is 12.2. The van der Waals surface area contributed by atoms with Crippen LogP contribution in [0, 0.1) is 0 Å².